The standard InChI is InChI=1S/C40H36N2/c1-41(39-26-20-30-10-4-2-5-12-34(30)28-39)36-22-16-32(17-23-36)33-18-24-38(25-19-33)42(37-14-6-3-7-15-37)40-27-21-31-11-8-9-13-35(31)29-40/h3-6,9-10,12-14,16-29H,2,7-8,11,15H2,1H3. The second-order valence-corrected chi connectivity index (χ2v) is 11.3. The molecule has 0 unspecified atom stereocenters. The molecule has 0 N–H and O–H groups in total. The van der Waals surface area contributed by atoms with Gasteiger partial charge in [0.15, 0.2) is 0 Å². The van der Waals surface area contributed by atoms with Crippen molar-refractivity contribution in [1.29, 1.82) is 0 Å². The molecule has 0 spiro atoms. The van der Waals surface area contributed by atoms with E-state index in [0.717, 1.165) is 32.1 Å². The lowest BCUT2D eigenvalue weighted by Crippen LogP contribution is -2.17. The molecule has 0 fully saturated rings. The first-order chi connectivity index (χ1) is 20.7. The van der Waals surface area contributed by atoms with Crippen LogP contribution in [0.15, 0.2) is 127 Å². The molecule has 0 bridgehead atoms. The smallest absolute Gasteiger partial charge is 0.0464 e. The van der Waals surface area contributed by atoms with Crippen LogP contribution in [0.4, 0.5) is 22.7 Å². The molecule has 206 valence electrons. The van der Waals surface area contributed by atoms with Crippen LogP contribution in [0.5, 0.6) is 0 Å². The third-order valence-electron chi connectivity index (χ3n) is 8.58. The predicted octanol–water partition coefficient (Wildman–Crippen LogP) is 10.9. The Morgan fingerprint density at radius 3 is 1.93 bits per heavy atom. The number of nitrogens with zero attached hydrogens (tertiary/aromatic N) is 2. The molecule has 0 aliphatic heterocycles. The highest BCUT2D eigenvalue weighted by atomic mass is 15.1. The molecular weight excluding hydrogens is 508 g/mol. The number of anilines is 4. The second kappa shape index (κ2) is 11.6. The molecule has 0 amide bonds. The molecule has 0 heterocycles. The number of hydrogen-bond donors (Lipinski definition) is 0. The van der Waals surface area contributed by atoms with Crippen LogP contribution < -0.4 is 9.80 Å². The van der Waals surface area contributed by atoms with Crippen molar-refractivity contribution in [3.63, 3.8) is 0 Å². The topological polar surface area (TPSA) is 6.48 Å². The quantitative estimate of drug-likeness (QED) is 0.238. The Kier molecular flexibility index (Phi) is 7.20. The van der Waals surface area contributed by atoms with Gasteiger partial charge < -0.3 is 9.80 Å². The van der Waals surface area contributed by atoms with Crippen LogP contribution in [0, 0.1) is 0 Å². The van der Waals surface area contributed by atoms with Crippen LogP contribution in [-0.4, -0.2) is 7.05 Å². The molecule has 0 aromatic heterocycles. The molecule has 42 heavy (non-hydrogen) atoms. The van der Waals surface area contributed by atoms with Gasteiger partial charge in [0.25, 0.3) is 0 Å². The highest BCUT2D eigenvalue weighted by Crippen LogP contribution is 2.37. The number of aryl methyl sites for hydroxylation is 1. The first-order valence-electron chi connectivity index (χ1n) is 15.1. The normalized spacial score (nSPS) is 15.0. The van der Waals surface area contributed by atoms with Crippen molar-refractivity contribution in [2.75, 3.05) is 16.8 Å². The van der Waals surface area contributed by atoms with Crippen LogP contribution in [0.25, 0.3) is 29.4 Å². The molecule has 4 aromatic carbocycles. The fraction of sp³-hybridized carbons (Fsp3) is 0.150. The zero-order valence-corrected chi connectivity index (χ0v) is 24.2. The van der Waals surface area contributed by atoms with Crippen molar-refractivity contribution >= 4 is 41.0 Å². The van der Waals surface area contributed by atoms with E-state index < -0.39 is 0 Å². The molecule has 0 atom stereocenters. The maximum atomic E-state index is 2.43. The van der Waals surface area contributed by atoms with E-state index in [1.807, 2.05) is 0 Å². The summed E-state index contributed by atoms with van der Waals surface area (Å²) in [6, 6.07) is 31.6. The largest absolute Gasteiger partial charge is 0.345 e. The molecule has 2 heteroatoms. The van der Waals surface area contributed by atoms with Crippen LogP contribution >= 0.6 is 0 Å². The number of benzene rings is 4. The van der Waals surface area contributed by atoms with Gasteiger partial charge in [-0.25, -0.2) is 0 Å². The molecule has 3 aliphatic rings. The summed E-state index contributed by atoms with van der Waals surface area (Å²) in [5, 5.41) is 0. The third-order valence-corrected chi connectivity index (χ3v) is 8.58. The van der Waals surface area contributed by atoms with Crippen molar-refractivity contribution in [1.82, 2.24) is 0 Å². The summed E-state index contributed by atoms with van der Waals surface area (Å²) in [5.74, 6) is 0. The minimum atomic E-state index is 0.987. The number of hydrogen-bond acceptors (Lipinski definition) is 2. The molecule has 0 saturated carbocycles. The fourth-order valence-electron chi connectivity index (χ4n) is 6.18. The Balaban J connectivity index is 1.14. The summed E-state index contributed by atoms with van der Waals surface area (Å²) in [6.45, 7) is 0. The minimum absolute atomic E-state index is 0.987. The lowest BCUT2D eigenvalue weighted by atomic mass is 9.96. The van der Waals surface area contributed by atoms with Gasteiger partial charge in [-0.3, -0.25) is 0 Å². The molecule has 4 aromatic rings. The van der Waals surface area contributed by atoms with Crippen LogP contribution in [0.1, 0.15) is 47.9 Å². The lowest BCUT2D eigenvalue weighted by molar-refractivity contribution is 0.916. The van der Waals surface area contributed by atoms with Crippen molar-refractivity contribution in [2.24, 2.45) is 0 Å². The summed E-state index contributed by atoms with van der Waals surface area (Å²) < 4.78 is 0. The van der Waals surface area contributed by atoms with Gasteiger partial charge in [-0.1, -0.05) is 85.0 Å². The fourth-order valence-corrected chi connectivity index (χ4v) is 6.18. The summed E-state index contributed by atoms with van der Waals surface area (Å²) >= 11 is 0. The van der Waals surface area contributed by atoms with Gasteiger partial charge in [-0.15, -0.1) is 0 Å². The van der Waals surface area contributed by atoms with Crippen molar-refractivity contribution in [3.8, 4) is 11.1 Å². The summed E-state index contributed by atoms with van der Waals surface area (Å²) in [7, 11) is 2.14. The Bertz CT molecular complexity index is 1750. The SMILES string of the molecule is CN(c1ccc(-c2ccc(N(C3=CC=CCC3)c3ccc4c(c3)C=CCC4)cc2)cc1)c1ccc2c(c1)C=CCC=C2. The minimum Gasteiger partial charge on any atom is -0.345 e. The Labute approximate surface area is 249 Å². The van der Waals surface area contributed by atoms with Crippen molar-refractivity contribution in [3.05, 3.63) is 149 Å². The van der Waals surface area contributed by atoms with E-state index in [1.165, 1.54) is 61.8 Å². The van der Waals surface area contributed by atoms with E-state index >= 15 is 0 Å². The number of allylic oxidation sites excluding steroid dienone is 7. The zero-order chi connectivity index (χ0) is 28.3. The van der Waals surface area contributed by atoms with E-state index in [4.69, 9.17) is 0 Å². The highest BCUT2D eigenvalue weighted by Gasteiger charge is 2.17. The van der Waals surface area contributed by atoms with Gasteiger partial charge in [0.1, 0.15) is 0 Å². The van der Waals surface area contributed by atoms with Crippen molar-refractivity contribution < 1.29 is 0 Å². The van der Waals surface area contributed by atoms with Gasteiger partial charge in [0, 0.05) is 35.5 Å². The van der Waals surface area contributed by atoms with E-state index in [2.05, 4.69) is 156 Å². The van der Waals surface area contributed by atoms with Gasteiger partial charge in [0.05, 0.1) is 0 Å². The van der Waals surface area contributed by atoms with Gasteiger partial charge in [-0.2, -0.15) is 0 Å². The molecule has 0 saturated heterocycles. The summed E-state index contributed by atoms with van der Waals surface area (Å²) in [5.41, 5.74) is 13.9. The monoisotopic (exact) mass is 544 g/mol. The summed E-state index contributed by atoms with van der Waals surface area (Å²) in [6.07, 6.45) is 25.5. The first-order valence-corrected chi connectivity index (χ1v) is 15.1. The van der Waals surface area contributed by atoms with Crippen LogP contribution in [0.3, 0.4) is 0 Å². The highest BCUT2D eigenvalue weighted by molar-refractivity contribution is 5.77. The predicted molar refractivity (Wildman–Crippen MR) is 181 cm³/mol. The number of rotatable bonds is 6. The average Bonchev–Trinajstić information content (AvgIpc) is 3.31. The van der Waals surface area contributed by atoms with E-state index in [0.29, 0.717) is 0 Å². The van der Waals surface area contributed by atoms with E-state index in [1.54, 1.807) is 0 Å². The van der Waals surface area contributed by atoms with Crippen LogP contribution in [0.2, 0.25) is 0 Å². The molecule has 3 aliphatic carbocycles. The summed E-state index contributed by atoms with van der Waals surface area (Å²) in [4.78, 5) is 4.69. The van der Waals surface area contributed by atoms with E-state index in [9.17, 15) is 0 Å². The number of fused-ring (bicyclic) bond motifs is 2. The van der Waals surface area contributed by atoms with Gasteiger partial charge >= 0.3 is 0 Å². The zero-order valence-electron chi connectivity index (χ0n) is 24.2. The lowest BCUT2D eigenvalue weighted by Gasteiger charge is -2.30. The average molecular weight is 545 g/mol. The molecular formula is C40H36N2. The van der Waals surface area contributed by atoms with Gasteiger partial charge in [0.2, 0.25) is 0 Å². The maximum Gasteiger partial charge on any atom is 0.0464 e. The van der Waals surface area contributed by atoms with Crippen molar-refractivity contribution in [2.45, 2.75) is 32.1 Å². The Morgan fingerprint density at radius 2 is 1.17 bits per heavy atom. The van der Waals surface area contributed by atoms with E-state index in [-0.39, 0.29) is 0 Å². The Hall–Kier alpha value is -4.82. The third kappa shape index (κ3) is 5.29. The maximum absolute atomic E-state index is 2.43. The first kappa shape index (κ1) is 26.1. The van der Waals surface area contributed by atoms with Gasteiger partial charge in [-0.05, 0) is 120 Å². The molecule has 2 nitrogen and oxygen atoms in total. The van der Waals surface area contributed by atoms with Crippen LogP contribution in [-0.2, 0) is 6.42 Å². The Morgan fingerprint density at radius 1 is 0.524 bits per heavy atom. The molecule has 7 rings (SSSR count). The molecule has 0 radical (unpaired) electrons. The second-order valence-electron chi connectivity index (χ2n) is 11.3.